The Morgan fingerprint density at radius 3 is 2.65 bits per heavy atom. The van der Waals surface area contributed by atoms with E-state index < -0.39 is 11.3 Å². The molecule has 1 fully saturated rings. The van der Waals surface area contributed by atoms with Crippen molar-refractivity contribution < 1.29 is 9.53 Å². The van der Waals surface area contributed by atoms with E-state index >= 15 is 0 Å². The van der Waals surface area contributed by atoms with Gasteiger partial charge in [0.25, 0.3) is 0 Å². The van der Waals surface area contributed by atoms with Crippen LogP contribution >= 0.6 is 0 Å². The van der Waals surface area contributed by atoms with Crippen LogP contribution in [-0.4, -0.2) is 13.0 Å². The fourth-order valence-electron chi connectivity index (χ4n) is 2.23. The highest BCUT2D eigenvalue weighted by molar-refractivity contribution is 5.95. The Balaban J connectivity index is 2.57. The van der Waals surface area contributed by atoms with Gasteiger partial charge in [-0.15, -0.1) is 0 Å². The third kappa shape index (κ3) is 1.74. The zero-order valence-corrected chi connectivity index (χ0v) is 9.69. The number of nitrogens with zero attached hydrogens (tertiary/aromatic N) is 1. The van der Waals surface area contributed by atoms with E-state index in [1.165, 1.54) is 0 Å². The normalized spacial score (nSPS) is 16.7. The molecule has 0 unspecified atom stereocenters. The molecule has 0 aromatic heterocycles. The van der Waals surface area contributed by atoms with Crippen LogP contribution in [0.5, 0.6) is 5.75 Å². The van der Waals surface area contributed by atoms with Gasteiger partial charge < -0.3 is 10.5 Å². The number of carbonyl (C=O) groups excluding carboxylic acids is 1. The number of nitrogens with two attached hydrogens (primary N) is 1. The van der Waals surface area contributed by atoms with Crippen LogP contribution in [0.1, 0.15) is 35.2 Å². The number of nitriles is 1. The highest BCUT2D eigenvalue weighted by Gasteiger charge is 2.41. The predicted molar refractivity (Wildman–Crippen MR) is 62.7 cm³/mol. The number of hydrogen-bond acceptors (Lipinski definition) is 3. The third-order valence-corrected chi connectivity index (χ3v) is 3.43. The molecule has 1 saturated carbocycles. The van der Waals surface area contributed by atoms with Crippen LogP contribution in [-0.2, 0) is 5.41 Å². The topological polar surface area (TPSA) is 76.1 Å². The molecule has 1 aromatic carbocycles. The van der Waals surface area contributed by atoms with Gasteiger partial charge in [-0.25, -0.2) is 0 Å². The molecule has 0 saturated heterocycles. The summed E-state index contributed by atoms with van der Waals surface area (Å²) in [6.45, 7) is 0. The van der Waals surface area contributed by atoms with Crippen molar-refractivity contribution >= 4 is 5.91 Å². The summed E-state index contributed by atoms with van der Waals surface area (Å²) in [5.41, 5.74) is 5.92. The summed E-state index contributed by atoms with van der Waals surface area (Å²) in [6, 6.07) is 7.39. The molecule has 2 N–H and O–H groups in total. The Hall–Kier alpha value is -2.02. The SMILES string of the molecule is COc1ccc(C(N)=O)c(C2(C#N)CCC2)c1. The van der Waals surface area contributed by atoms with Crippen molar-refractivity contribution in [3.8, 4) is 11.8 Å². The Morgan fingerprint density at radius 2 is 2.24 bits per heavy atom. The number of hydrogen-bond donors (Lipinski definition) is 1. The van der Waals surface area contributed by atoms with Gasteiger partial charge in [0, 0.05) is 5.56 Å². The minimum Gasteiger partial charge on any atom is -0.497 e. The molecule has 2 rings (SSSR count). The zero-order chi connectivity index (χ0) is 12.5. The minimum absolute atomic E-state index is 0.423. The van der Waals surface area contributed by atoms with Crippen molar-refractivity contribution in [3.63, 3.8) is 0 Å². The van der Waals surface area contributed by atoms with Crippen molar-refractivity contribution in [2.75, 3.05) is 7.11 Å². The van der Waals surface area contributed by atoms with Gasteiger partial charge in [0.05, 0.1) is 18.6 Å². The van der Waals surface area contributed by atoms with Crippen molar-refractivity contribution in [2.24, 2.45) is 5.73 Å². The summed E-state index contributed by atoms with van der Waals surface area (Å²) in [5, 5.41) is 9.32. The zero-order valence-electron chi connectivity index (χ0n) is 9.69. The van der Waals surface area contributed by atoms with E-state index in [1.807, 2.05) is 0 Å². The van der Waals surface area contributed by atoms with Crippen molar-refractivity contribution in [2.45, 2.75) is 24.7 Å². The lowest BCUT2D eigenvalue weighted by atomic mass is 9.64. The van der Waals surface area contributed by atoms with Gasteiger partial charge in [-0.2, -0.15) is 5.26 Å². The highest BCUT2D eigenvalue weighted by Crippen LogP contribution is 2.45. The maximum absolute atomic E-state index is 11.4. The molecule has 17 heavy (non-hydrogen) atoms. The second-order valence-electron chi connectivity index (χ2n) is 4.32. The predicted octanol–water partition coefficient (Wildman–Crippen LogP) is 1.74. The van der Waals surface area contributed by atoms with E-state index in [9.17, 15) is 10.1 Å². The smallest absolute Gasteiger partial charge is 0.249 e. The van der Waals surface area contributed by atoms with Crippen LogP contribution in [0.25, 0.3) is 0 Å². The summed E-state index contributed by atoms with van der Waals surface area (Å²) in [6.07, 6.45) is 2.55. The fourth-order valence-corrected chi connectivity index (χ4v) is 2.23. The van der Waals surface area contributed by atoms with Gasteiger partial charge in [0.15, 0.2) is 0 Å². The average Bonchev–Trinajstić information content (AvgIpc) is 2.28. The van der Waals surface area contributed by atoms with Crippen molar-refractivity contribution in [1.82, 2.24) is 0 Å². The first kappa shape index (κ1) is 11.5. The number of ether oxygens (including phenoxy) is 1. The quantitative estimate of drug-likeness (QED) is 0.859. The number of methoxy groups -OCH3 is 1. The summed E-state index contributed by atoms with van der Waals surface area (Å²) in [4.78, 5) is 11.4. The summed E-state index contributed by atoms with van der Waals surface area (Å²) in [7, 11) is 1.56. The van der Waals surface area contributed by atoms with Gasteiger partial charge >= 0.3 is 0 Å². The summed E-state index contributed by atoms with van der Waals surface area (Å²) in [5.74, 6) is 0.149. The first-order valence-corrected chi connectivity index (χ1v) is 5.52. The second kappa shape index (κ2) is 4.10. The van der Waals surface area contributed by atoms with Crippen LogP contribution < -0.4 is 10.5 Å². The van der Waals surface area contributed by atoms with Gasteiger partial charge in [-0.05, 0) is 43.0 Å². The van der Waals surface area contributed by atoms with Gasteiger partial charge in [-0.1, -0.05) is 0 Å². The third-order valence-electron chi connectivity index (χ3n) is 3.43. The van der Waals surface area contributed by atoms with E-state index in [-0.39, 0.29) is 0 Å². The molecule has 0 bridgehead atoms. The monoisotopic (exact) mass is 230 g/mol. The molecule has 0 heterocycles. The lowest BCUT2D eigenvalue weighted by molar-refractivity contribution is 0.0997. The van der Waals surface area contributed by atoms with Gasteiger partial charge in [-0.3, -0.25) is 4.79 Å². The van der Waals surface area contributed by atoms with E-state index in [0.717, 1.165) is 19.3 Å². The van der Waals surface area contributed by atoms with Crippen molar-refractivity contribution in [3.05, 3.63) is 29.3 Å². The second-order valence-corrected chi connectivity index (χ2v) is 4.32. The molecule has 1 aliphatic carbocycles. The standard InChI is InChI=1S/C13H14N2O2/c1-17-9-3-4-10(12(15)16)11(7-9)13(8-14)5-2-6-13/h3-4,7H,2,5-6H2,1H3,(H2,15,16). The first-order chi connectivity index (χ1) is 8.13. The molecule has 1 amide bonds. The van der Waals surface area contributed by atoms with Crippen LogP contribution in [0.15, 0.2) is 18.2 Å². The molecule has 1 aliphatic rings. The molecule has 4 heteroatoms. The van der Waals surface area contributed by atoms with E-state index in [4.69, 9.17) is 10.5 Å². The number of carbonyl (C=O) groups is 1. The maximum Gasteiger partial charge on any atom is 0.249 e. The highest BCUT2D eigenvalue weighted by atomic mass is 16.5. The number of primary amides is 1. The molecule has 0 spiro atoms. The maximum atomic E-state index is 11.4. The van der Waals surface area contributed by atoms with E-state index in [2.05, 4.69) is 6.07 Å². The Labute approximate surface area is 100.0 Å². The Morgan fingerprint density at radius 1 is 1.53 bits per heavy atom. The summed E-state index contributed by atoms with van der Waals surface area (Å²) >= 11 is 0. The van der Waals surface area contributed by atoms with Gasteiger partial charge in [0.2, 0.25) is 5.91 Å². The summed E-state index contributed by atoms with van der Waals surface area (Å²) < 4.78 is 5.14. The fraction of sp³-hybridized carbons (Fsp3) is 0.385. The number of rotatable bonds is 3. The largest absolute Gasteiger partial charge is 0.497 e. The molecular weight excluding hydrogens is 216 g/mol. The molecule has 0 radical (unpaired) electrons. The number of benzene rings is 1. The molecule has 4 nitrogen and oxygen atoms in total. The molecule has 88 valence electrons. The van der Waals surface area contributed by atoms with Crippen LogP contribution in [0.2, 0.25) is 0 Å². The molecule has 1 aromatic rings. The first-order valence-electron chi connectivity index (χ1n) is 5.52. The molecule has 0 atom stereocenters. The average molecular weight is 230 g/mol. The minimum atomic E-state index is -0.557. The Bertz CT molecular complexity index is 499. The van der Waals surface area contributed by atoms with Crippen molar-refractivity contribution in [1.29, 1.82) is 5.26 Å². The van der Waals surface area contributed by atoms with Crippen LogP contribution in [0.4, 0.5) is 0 Å². The molecule has 0 aliphatic heterocycles. The molecular formula is C13H14N2O2. The lowest BCUT2D eigenvalue weighted by Gasteiger charge is -2.36. The van der Waals surface area contributed by atoms with E-state index in [0.29, 0.717) is 16.9 Å². The van der Waals surface area contributed by atoms with E-state index in [1.54, 1.807) is 25.3 Å². The number of amides is 1. The van der Waals surface area contributed by atoms with Crippen LogP contribution in [0, 0.1) is 11.3 Å². The van der Waals surface area contributed by atoms with Gasteiger partial charge in [0.1, 0.15) is 5.75 Å². The Kier molecular flexibility index (Phi) is 2.76. The van der Waals surface area contributed by atoms with Crippen LogP contribution in [0.3, 0.4) is 0 Å². The lowest BCUT2D eigenvalue weighted by Crippen LogP contribution is -2.35.